The van der Waals surface area contributed by atoms with Gasteiger partial charge in [-0.3, -0.25) is 0 Å². The molecule has 86 valence electrons. The molecule has 3 heterocycles. The van der Waals surface area contributed by atoms with Gasteiger partial charge in [0.1, 0.15) is 5.03 Å². The first-order chi connectivity index (χ1) is 7.88. The Morgan fingerprint density at radius 3 is 3.31 bits per heavy atom. The molecule has 2 aliphatic heterocycles. The summed E-state index contributed by atoms with van der Waals surface area (Å²) in [7, 11) is 0. The highest BCUT2D eigenvalue weighted by Crippen LogP contribution is 2.30. The van der Waals surface area contributed by atoms with Gasteiger partial charge < -0.3 is 10.2 Å². The number of fused-ring (bicyclic) bond motifs is 1. The minimum absolute atomic E-state index is 0.608. The first kappa shape index (κ1) is 10.4. The topological polar surface area (TPSA) is 41.1 Å². The molecular formula is C11H16N4S. The number of hydrogen-bond acceptors (Lipinski definition) is 5. The zero-order chi connectivity index (χ0) is 11.0. The van der Waals surface area contributed by atoms with Crippen molar-refractivity contribution in [1.82, 2.24) is 15.3 Å². The van der Waals surface area contributed by atoms with Crippen LogP contribution in [0.5, 0.6) is 0 Å². The Labute approximate surface area is 99.8 Å². The fourth-order valence-corrected chi connectivity index (χ4v) is 3.05. The van der Waals surface area contributed by atoms with Gasteiger partial charge in [-0.1, -0.05) is 0 Å². The molecule has 0 spiro atoms. The lowest BCUT2D eigenvalue weighted by molar-refractivity contribution is 0.575. The standard InChI is InChI=1S/C11H16N4S/c1-16-10-2-4-13-11(14-10)15-5-3-8-6-12-7-9(8)15/h2,4,8-9,12H,3,5-7H2,1H3/t8-,9-/m1/s1. The Bertz CT molecular complexity index is 384. The second kappa shape index (κ2) is 4.22. The van der Waals surface area contributed by atoms with Crippen molar-refractivity contribution in [3.8, 4) is 0 Å². The quantitative estimate of drug-likeness (QED) is 0.613. The smallest absolute Gasteiger partial charge is 0.226 e. The number of thioether (sulfide) groups is 1. The lowest BCUT2D eigenvalue weighted by atomic mass is 10.1. The van der Waals surface area contributed by atoms with E-state index in [0.717, 1.165) is 36.5 Å². The van der Waals surface area contributed by atoms with Crippen LogP contribution in [0.15, 0.2) is 17.3 Å². The summed E-state index contributed by atoms with van der Waals surface area (Å²) in [6.07, 6.45) is 5.18. The third-order valence-corrected chi connectivity index (χ3v) is 4.17. The van der Waals surface area contributed by atoms with E-state index in [2.05, 4.69) is 26.4 Å². The average molecular weight is 236 g/mol. The molecule has 5 heteroatoms. The summed E-state index contributed by atoms with van der Waals surface area (Å²) in [5.41, 5.74) is 0. The number of aromatic nitrogens is 2. The van der Waals surface area contributed by atoms with Crippen LogP contribution in [0.2, 0.25) is 0 Å². The maximum Gasteiger partial charge on any atom is 0.226 e. The Morgan fingerprint density at radius 1 is 1.50 bits per heavy atom. The molecule has 0 saturated carbocycles. The number of nitrogens with one attached hydrogen (secondary N) is 1. The SMILES string of the molecule is CSc1ccnc(N2CC[C@@H]3CNC[C@H]32)n1. The van der Waals surface area contributed by atoms with Crippen LogP contribution in [0.25, 0.3) is 0 Å². The van der Waals surface area contributed by atoms with Crippen LogP contribution >= 0.6 is 11.8 Å². The minimum atomic E-state index is 0.608. The summed E-state index contributed by atoms with van der Waals surface area (Å²) < 4.78 is 0. The molecule has 0 bridgehead atoms. The molecule has 2 aliphatic rings. The molecule has 16 heavy (non-hydrogen) atoms. The summed E-state index contributed by atoms with van der Waals surface area (Å²) >= 11 is 1.67. The zero-order valence-corrected chi connectivity index (χ0v) is 10.2. The second-order valence-corrected chi connectivity index (χ2v) is 5.19. The van der Waals surface area contributed by atoms with Crippen molar-refractivity contribution in [2.45, 2.75) is 17.5 Å². The first-order valence-corrected chi connectivity index (χ1v) is 6.95. The molecule has 2 atom stereocenters. The van der Waals surface area contributed by atoms with Gasteiger partial charge in [-0.2, -0.15) is 0 Å². The first-order valence-electron chi connectivity index (χ1n) is 5.73. The molecule has 2 saturated heterocycles. The van der Waals surface area contributed by atoms with Gasteiger partial charge in [0.15, 0.2) is 0 Å². The van der Waals surface area contributed by atoms with Crippen LogP contribution in [0.4, 0.5) is 5.95 Å². The normalized spacial score (nSPS) is 28.4. The molecule has 4 nitrogen and oxygen atoms in total. The average Bonchev–Trinajstić information content (AvgIpc) is 2.90. The monoisotopic (exact) mass is 236 g/mol. The van der Waals surface area contributed by atoms with Gasteiger partial charge >= 0.3 is 0 Å². The highest BCUT2D eigenvalue weighted by atomic mass is 32.2. The van der Waals surface area contributed by atoms with Crippen LogP contribution in [-0.2, 0) is 0 Å². The molecule has 1 N–H and O–H groups in total. The van der Waals surface area contributed by atoms with Crippen molar-refractivity contribution in [3.63, 3.8) is 0 Å². The van der Waals surface area contributed by atoms with Gasteiger partial charge in [0, 0.05) is 31.9 Å². The molecule has 0 radical (unpaired) electrons. The number of anilines is 1. The van der Waals surface area contributed by atoms with E-state index in [4.69, 9.17) is 0 Å². The van der Waals surface area contributed by atoms with Gasteiger partial charge in [-0.15, -0.1) is 11.8 Å². The van der Waals surface area contributed by atoms with E-state index in [0.29, 0.717) is 6.04 Å². The Morgan fingerprint density at radius 2 is 2.44 bits per heavy atom. The summed E-state index contributed by atoms with van der Waals surface area (Å²) in [4.78, 5) is 11.4. The summed E-state index contributed by atoms with van der Waals surface area (Å²) in [6.45, 7) is 3.34. The van der Waals surface area contributed by atoms with Gasteiger partial charge in [0.2, 0.25) is 5.95 Å². The lowest BCUT2D eigenvalue weighted by Gasteiger charge is -2.23. The third kappa shape index (κ3) is 1.68. The van der Waals surface area contributed by atoms with E-state index in [1.807, 2.05) is 12.3 Å². The van der Waals surface area contributed by atoms with Crippen molar-refractivity contribution < 1.29 is 0 Å². The lowest BCUT2D eigenvalue weighted by Crippen LogP contribution is -2.35. The number of hydrogen-bond donors (Lipinski definition) is 1. The van der Waals surface area contributed by atoms with Crippen molar-refractivity contribution in [3.05, 3.63) is 12.3 Å². The maximum atomic E-state index is 4.58. The van der Waals surface area contributed by atoms with Crippen LogP contribution in [0.3, 0.4) is 0 Å². The molecule has 1 aromatic heterocycles. The molecule has 3 rings (SSSR count). The second-order valence-electron chi connectivity index (χ2n) is 4.37. The van der Waals surface area contributed by atoms with E-state index >= 15 is 0 Å². The molecule has 0 aliphatic carbocycles. The van der Waals surface area contributed by atoms with Crippen LogP contribution in [0.1, 0.15) is 6.42 Å². The van der Waals surface area contributed by atoms with Gasteiger partial charge in [-0.05, 0) is 24.7 Å². The molecule has 0 unspecified atom stereocenters. The van der Waals surface area contributed by atoms with E-state index in [1.54, 1.807) is 11.8 Å². The maximum absolute atomic E-state index is 4.58. The molecule has 1 aromatic rings. The number of rotatable bonds is 2. The predicted molar refractivity (Wildman–Crippen MR) is 65.9 cm³/mol. The fourth-order valence-electron chi connectivity index (χ4n) is 2.68. The van der Waals surface area contributed by atoms with Gasteiger partial charge in [0.25, 0.3) is 0 Å². The highest BCUT2D eigenvalue weighted by molar-refractivity contribution is 7.98. The summed E-state index contributed by atoms with van der Waals surface area (Å²) in [5, 5.41) is 4.51. The Hall–Kier alpha value is -0.810. The van der Waals surface area contributed by atoms with Crippen molar-refractivity contribution in [1.29, 1.82) is 0 Å². The zero-order valence-electron chi connectivity index (χ0n) is 9.39. The van der Waals surface area contributed by atoms with E-state index in [-0.39, 0.29) is 0 Å². The van der Waals surface area contributed by atoms with Gasteiger partial charge in [-0.25, -0.2) is 9.97 Å². The largest absolute Gasteiger partial charge is 0.336 e. The van der Waals surface area contributed by atoms with Crippen molar-refractivity contribution >= 4 is 17.7 Å². The Kier molecular flexibility index (Phi) is 2.73. The third-order valence-electron chi connectivity index (χ3n) is 3.53. The van der Waals surface area contributed by atoms with Crippen molar-refractivity contribution in [2.24, 2.45) is 5.92 Å². The number of nitrogens with zero attached hydrogens (tertiary/aromatic N) is 3. The van der Waals surface area contributed by atoms with Crippen LogP contribution in [0, 0.1) is 5.92 Å². The van der Waals surface area contributed by atoms with Crippen molar-refractivity contribution in [2.75, 3.05) is 30.8 Å². The van der Waals surface area contributed by atoms with E-state index in [9.17, 15) is 0 Å². The highest BCUT2D eigenvalue weighted by Gasteiger charge is 2.38. The van der Waals surface area contributed by atoms with E-state index in [1.165, 1.54) is 6.42 Å². The molecule has 0 aromatic carbocycles. The minimum Gasteiger partial charge on any atom is -0.336 e. The van der Waals surface area contributed by atoms with Crippen LogP contribution in [-0.4, -0.2) is 41.9 Å². The van der Waals surface area contributed by atoms with Gasteiger partial charge in [0.05, 0.1) is 0 Å². The van der Waals surface area contributed by atoms with E-state index < -0.39 is 0 Å². The predicted octanol–water partition coefficient (Wildman–Crippen LogP) is 0.997. The molecule has 2 fully saturated rings. The fraction of sp³-hybridized carbons (Fsp3) is 0.636. The summed E-state index contributed by atoms with van der Waals surface area (Å²) in [6, 6.07) is 2.58. The Balaban J connectivity index is 1.86. The van der Waals surface area contributed by atoms with Crippen LogP contribution < -0.4 is 10.2 Å². The molecular weight excluding hydrogens is 220 g/mol. The molecule has 0 amide bonds. The summed E-state index contributed by atoms with van der Waals surface area (Å²) in [5.74, 6) is 1.70.